The third kappa shape index (κ3) is 4.44. The van der Waals surface area contributed by atoms with Crippen LogP contribution in [0.15, 0.2) is 48.7 Å². The van der Waals surface area contributed by atoms with E-state index in [1.807, 2.05) is 32.3 Å². The van der Waals surface area contributed by atoms with Gasteiger partial charge in [0.25, 0.3) is 5.91 Å². The Hall–Kier alpha value is -2.83. The van der Waals surface area contributed by atoms with Gasteiger partial charge in [-0.2, -0.15) is 5.10 Å². The average Bonchev–Trinajstić information content (AvgIpc) is 3.09. The number of anilines is 1. The molecule has 0 radical (unpaired) electrons. The summed E-state index contributed by atoms with van der Waals surface area (Å²) in [7, 11) is 1.81. The van der Waals surface area contributed by atoms with E-state index in [1.165, 1.54) is 12.1 Å². The molecule has 0 aliphatic carbocycles. The molecule has 0 bridgehead atoms. The van der Waals surface area contributed by atoms with Gasteiger partial charge in [-0.15, -0.1) is 0 Å². The lowest BCUT2D eigenvalue weighted by atomic mass is 10.0. The number of carbonyl (C=O) groups excluding carboxylic acids is 2. The smallest absolute Gasteiger partial charge is 0.262 e. The minimum atomic E-state index is -0.368. The van der Waals surface area contributed by atoms with E-state index < -0.39 is 0 Å². The Kier molecular flexibility index (Phi) is 6.25. The summed E-state index contributed by atoms with van der Waals surface area (Å²) in [6, 6.07) is 8.48. The Morgan fingerprint density at radius 1 is 1.21 bits per heavy atom. The first-order chi connectivity index (χ1) is 13.8. The number of amides is 1. The second kappa shape index (κ2) is 8.68. The van der Waals surface area contributed by atoms with E-state index >= 15 is 0 Å². The third-order valence-corrected chi connectivity index (χ3v) is 5.20. The first kappa shape index (κ1) is 20.9. The number of benzene rings is 2. The molecule has 3 rings (SSSR count). The lowest BCUT2D eigenvalue weighted by Gasteiger charge is -2.12. The van der Waals surface area contributed by atoms with E-state index in [1.54, 1.807) is 10.7 Å². The first-order valence-electron chi connectivity index (χ1n) is 8.87. The van der Waals surface area contributed by atoms with Crippen LogP contribution in [0.5, 0.6) is 5.75 Å². The normalized spacial score (nSPS) is 10.8. The van der Waals surface area contributed by atoms with Gasteiger partial charge in [0.2, 0.25) is 0 Å². The van der Waals surface area contributed by atoms with Crippen LogP contribution >= 0.6 is 23.2 Å². The van der Waals surface area contributed by atoms with Crippen LogP contribution in [0.25, 0.3) is 10.9 Å². The SMILES string of the molecule is C=C(CC)C(=O)c1ccc(OCC(=O)Nc2cccc3nn(C)cc23)c(Cl)c1Cl. The highest BCUT2D eigenvalue weighted by molar-refractivity contribution is 6.45. The number of rotatable bonds is 7. The Bertz CT molecular complexity index is 1120. The molecule has 0 spiro atoms. The Labute approximate surface area is 178 Å². The predicted octanol–water partition coefficient (Wildman–Crippen LogP) is 5.05. The van der Waals surface area contributed by atoms with E-state index in [4.69, 9.17) is 27.9 Å². The topological polar surface area (TPSA) is 73.2 Å². The standard InChI is InChI=1S/C21H19Cl2N3O3/c1-4-12(2)21(28)13-8-9-17(20(23)19(13)22)29-11-18(27)24-15-6-5-7-16-14(15)10-26(3)25-16/h5-10H,2,4,11H2,1,3H3,(H,24,27). The summed E-state index contributed by atoms with van der Waals surface area (Å²) >= 11 is 12.5. The quantitative estimate of drug-likeness (QED) is 0.419. The van der Waals surface area contributed by atoms with Crippen LogP contribution in [-0.2, 0) is 11.8 Å². The highest BCUT2D eigenvalue weighted by Gasteiger charge is 2.18. The van der Waals surface area contributed by atoms with Gasteiger partial charge in [0.05, 0.1) is 16.2 Å². The fourth-order valence-electron chi connectivity index (χ4n) is 2.77. The Morgan fingerprint density at radius 2 is 1.97 bits per heavy atom. The number of carbonyl (C=O) groups is 2. The zero-order chi connectivity index (χ0) is 21.1. The maximum Gasteiger partial charge on any atom is 0.262 e. The fourth-order valence-corrected chi connectivity index (χ4v) is 3.23. The van der Waals surface area contributed by atoms with Crippen LogP contribution < -0.4 is 10.1 Å². The molecule has 1 amide bonds. The first-order valence-corrected chi connectivity index (χ1v) is 9.63. The van der Waals surface area contributed by atoms with Gasteiger partial charge in [0.15, 0.2) is 12.4 Å². The summed E-state index contributed by atoms with van der Waals surface area (Å²) in [6.45, 7) is 5.28. The van der Waals surface area contributed by atoms with E-state index in [9.17, 15) is 9.59 Å². The van der Waals surface area contributed by atoms with E-state index in [0.29, 0.717) is 17.7 Å². The number of hydrogen-bond acceptors (Lipinski definition) is 4. The van der Waals surface area contributed by atoms with Crippen molar-refractivity contribution in [2.24, 2.45) is 7.05 Å². The number of nitrogens with one attached hydrogen (secondary N) is 1. The van der Waals surface area contributed by atoms with Gasteiger partial charge in [0, 0.05) is 24.2 Å². The second-order valence-electron chi connectivity index (χ2n) is 6.40. The molecule has 0 atom stereocenters. The second-order valence-corrected chi connectivity index (χ2v) is 7.16. The van der Waals surface area contributed by atoms with Crippen LogP contribution in [0.3, 0.4) is 0 Å². The van der Waals surface area contributed by atoms with Crippen molar-refractivity contribution in [2.75, 3.05) is 11.9 Å². The molecule has 0 unspecified atom stereocenters. The number of hydrogen-bond donors (Lipinski definition) is 1. The van der Waals surface area contributed by atoms with E-state index in [0.717, 1.165) is 10.9 Å². The maximum atomic E-state index is 12.3. The predicted molar refractivity (Wildman–Crippen MR) is 115 cm³/mol. The number of halogens is 2. The molecule has 150 valence electrons. The molecular weight excluding hydrogens is 413 g/mol. The average molecular weight is 432 g/mol. The molecule has 0 fully saturated rings. The number of allylic oxidation sites excluding steroid dienone is 1. The molecule has 1 N–H and O–H groups in total. The fraction of sp³-hybridized carbons (Fsp3) is 0.190. The van der Waals surface area contributed by atoms with Crippen molar-refractivity contribution in [2.45, 2.75) is 13.3 Å². The molecule has 1 heterocycles. The number of aromatic nitrogens is 2. The summed E-state index contributed by atoms with van der Waals surface area (Å²) < 4.78 is 7.18. The van der Waals surface area contributed by atoms with Crippen LogP contribution in [0.4, 0.5) is 5.69 Å². The molecular formula is C21H19Cl2N3O3. The molecule has 0 saturated heterocycles. The van der Waals surface area contributed by atoms with Gasteiger partial charge in [-0.05, 0) is 36.3 Å². The third-order valence-electron chi connectivity index (χ3n) is 4.34. The minimum absolute atomic E-state index is 0.0728. The van der Waals surface area contributed by atoms with Gasteiger partial charge in [-0.25, -0.2) is 0 Å². The van der Waals surface area contributed by atoms with Crippen molar-refractivity contribution in [3.05, 3.63) is 64.3 Å². The monoisotopic (exact) mass is 431 g/mol. The maximum absolute atomic E-state index is 12.3. The van der Waals surface area contributed by atoms with E-state index in [-0.39, 0.29) is 39.7 Å². The van der Waals surface area contributed by atoms with Crippen molar-refractivity contribution in [1.82, 2.24) is 9.78 Å². The number of ether oxygens (including phenoxy) is 1. The van der Waals surface area contributed by atoms with Gasteiger partial charge in [-0.3, -0.25) is 14.3 Å². The van der Waals surface area contributed by atoms with E-state index in [2.05, 4.69) is 17.0 Å². The molecule has 2 aromatic carbocycles. The Morgan fingerprint density at radius 3 is 2.69 bits per heavy atom. The molecule has 0 aliphatic heterocycles. The van der Waals surface area contributed by atoms with Gasteiger partial charge >= 0.3 is 0 Å². The number of aryl methyl sites for hydroxylation is 1. The molecule has 0 saturated carbocycles. The van der Waals surface area contributed by atoms with Crippen molar-refractivity contribution >= 4 is 51.5 Å². The number of nitrogens with zero attached hydrogens (tertiary/aromatic N) is 2. The lowest BCUT2D eigenvalue weighted by molar-refractivity contribution is -0.118. The molecule has 8 heteroatoms. The number of Topliss-reactive ketones (excluding diaryl/α,β-unsaturated/α-hetero) is 1. The van der Waals surface area contributed by atoms with Gasteiger partial charge in [0.1, 0.15) is 10.8 Å². The van der Waals surface area contributed by atoms with Crippen LogP contribution in [0.2, 0.25) is 10.0 Å². The van der Waals surface area contributed by atoms with Gasteiger partial charge in [-0.1, -0.05) is 42.8 Å². The van der Waals surface area contributed by atoms with Crippen molar-refractivity contribution < 1.29 is 14.3 Å². The van der Waals surface area contributed by atoms with Crippen molar-refractivity contribution in [3.8, 4) is 5.75 Å². The van der Waals surface area contributed by atoms with Crippen LogP contribution in [-0.4, -0.2) is 28.1 Å². The highest BCUT2D eigenvalue weighted by Crippen LogP contribution is 2.35. The summed E-state index contributed by atoms with van der Waals surface area (Å²) in [4.78, 5) is 24.6. The number of fused-ring (bicyclic) bond motifs is 1. The van der Waals surface area contributed by atoms with Crippen molar-refractivity contribution in [1.29, 1.82) is 0 Å². The summed E-state index contributed by atoms with van der Waals surface area (Å²) in [6.07, 6.45) is 2.33. The molecule has 6 nitrogen and oxygen atoms in total. The summed E-state index contributed by atoms with van der Waals surface area (Å²) in [5, 5.41) is 8.07. The zero-order valence-corrected chi connectivity index (χ0v) is 17.5. The molecule has 3 aromatic rings. The summed E-state index contributed by atoms with van der Waals surface area (Å²) in [5.41, 5.74) is 2.09. The molecule has 29 heavy (non-hydrogen) atoms. The molecule has 1 aromatic heterocycles. The number of ketones is 1. The van der Waals surface area contributed by atoms with Crippen LogP contribution in [0, 0.1) is 0 Å². The Balaban J connectivity index is 1.71. The summed E-state index contributed by atoms with van der Waals surface area (Å²) in [5.74, 6) is -0.425. The minimum Gasteiger partial charge on any atom is -0.482 e. The van der Waals surface area contributed by atoms with Gasteiger partial charge < -0.3 is 10.1 Å². The zero-order valence-electron chi connectivity index (χ0n) is 16.0. The molecule has 0 aliphatic rings. The van der Waals surface area contributed by atoms with Crippen LogP contribution in [0.1, 0.15) is 23.7 Å². The van der Waals surface area contributed by atoms with Crippen molar-refractivity contribution in [3.63, 3.8) is 0 Å². The largest absolute Gasteiger partial charge is 0.482 e. The lowest BCUT2D eigenvalue weighted by Crippen LogP contribution is -2.20. The highest BCUT2D eigenvalue weighted by atomic mass is 35.5.